The Morgan fingerprint density at radius 1 is 0.613 bits per heavy atom. The van der Waals surface area contributed by atoms with Gasteiger partial charge in [-0.15, -0.1) is 0 Å². The molecule has 0 radical (unpaired) electrons. The maximum Gasteiger partial charge on any atom is 0.187 e. The molecule has 0 aromatic heterocycles. The molecule has 31 heavy (non-hydrogen) atoms. The van der Waals surface area contributed by atoms with Gasteiger partial charge in [-0.25, -0.2) is 0 Å². The van der Waals surface area contributed by atoms with E-state index in [4.69, 9.17) is 18.9 Å². The van der Waals surface area contributed by atoms with Crippen LogP contribution >= 0.6 is 0 Å². The van der Waals surface area contributed by atoms with Crippen LogP contribution < -0.4 is 0 Å². The van der Waals surface area contributed by atoms with E-state index in [9.17, 15) is 0 Å². The van der Waals surface area contributed by atoms with Gasteiger partial charge in [0.2, 0.25) is 0 Å². The van der Waals surface area contributed by atoms with E-state index in [1.54, 1.807) is 13.4 Å². The molecule has 0 aliphatic heterocycles. The van der Waals surface area contributed by atoms with Gasteiger partial charge in [-0.2, -0.15) is 0 Å². The molecule has 0 saturated heterocycles. The quantitative estimate of drug-likeness (QED) is 0.0764. The van der Waals surface area contributed by atoms with Crippen LogP contribution in [0.1, 0.15) is 129 Å². The van der Waals surface area contributed by atoms with E-state index in [1.807, 2.05) is 0 Å². The van der Waals surface area contributed by atoms with E-state index >= 15 is 0 Å². The summed E-state index contributed by atoms with van der Waals surface area (Å²) in [5.41, 5.74) is 0. The molecule has 0 aromatic rings. The minimum atomic E-state index is 0.0178. The molecular weight excluding hydrogens is 388 g/mol. The lowest BCUT2D eigenvalue weighted by atomic mass is 10.1. The monoisotopic (exact) mass is 442 g/mol. The molecule has 0 amide bonds. The topological polar surface area (TPSA) is 36.9 Å². The zero-order valence-corrected chi connectivity index (χ0v) is 21.2. The Labute approximate surface area is 194 Å². The summed E-state index contributed by atoms with van der Waals surface area (Å²) >= 11 is 0. The molecule has 4 heteroatoms. The van der Waals surface area contributed by atoms with Crippen molar-refractivity contribution < 1.29 is 18.9 Å². The molecule has 0 fully saturated rings. The number of ether oxygens (including phenoxy) is 4. The van der Waals surface area contributed by atoms with Crippen LogP contribution in [0.3, 0.4) is 0 Å². The highest BCUT2D eigenvalue weighted by molar-refractivity contribution is 4.72. The fourth-order valence-electron chi connectivity index (χ4n) is 3.58. The summed E-state index contributed by atoms with van der Waals surface area (Å²) in [5, 5.41) is 0. The summed E-state index contributed by atoms with van der Waals surface area (Å²) in [6.45, 7) is 6.55. The van der Waals surface area contributed by atoms with Crippen molar-refractivity contribution >= 4 is 0 Å². The van der Waals surface area contributed by atoms with Gasteiger partial charge >= 0.3 is 0 Å². The molecule has 0 unspecified atom stereocenters. The Balaban J connectivity index is 3.64. The molecule has 0 aliphatic rings. The van der Waals surface area contributed by atoms with E-state index in [0.717, 1.165) is 26.1 Å². The second kappa shape index (κ2) is 27.5. The number of rotatable bonds is 26. The Hall–Kier alpha value is -0.580. The van der Waals surface area contributed by atoms with Crippen molar-refractivity contribution in [3.05, 3.63) is 12.3 Å². The molecule has 4 nitrogen and oxygen atoms in total. The molecule has 0 rings (SSSR count). The van der Waals surface area contributed by atoms with Gasteiger partial charge in [0.05, 0.1) is 6.26 Å². The zero-order valence-electron chi connectivity index (χ0n) is 21.2. The van der Waals surface area contributed by atoms with Crippen molar-refractivity contribution in [2.45, 2.75) is 136 Å². The summed E-state index contributed by atoms with van der Waals surface area (Å²) in [6.07, 6.45) is 26.5. The lowest BCUT2D eigenvalue weighted by Gasteiger charge is -2.19. The maximum atomic E-state index is 6.07. The van der Waals surface area contributed by atoms with E-state index < -0.39 is 0 Å². The highest BCUT2D eigenvalue weighted by atomic mass is 16.7. The van der Waals surface area contributed by atoms with Gasteiger partial charge in [0, 0.05) is 20.3 Å². The Morgan fingerprint density at radius 2 is 1.13 bits per heavy atom. The Morgan fingerprint density at radius 3 is 1.68 bits per heavy atom. The highest BCUT2D eigenvalue weighted by Crippen LogP contribution is 2.14. The van der Waals surface area contributed by atoms with Crippen molar-refractivity contribution in [3.63, 3.8) is 0 Å². The smallest absolute Gasteiger partial charge is 0.187 e. The second-order valence-electron chi connectivity index (χ2n) is 8.64. The first-order valence-corrected chi connectivity index (χ1v) is 13.3. The van der Waals surface area contributed by atoms with Crippen LogP contribution in [-0.2, 0) is 18.9 Å². The summed E-state index contributed by atoms with van der Waals surface area (Å²) in [5.74, 6) is 0. The van der Waals surface area contributed by atoms with Crippen LogP contribution in [0, 0.1) is 0 Å². The summed E-state index contributed by atoms with van der Waals surface area (Å²) in [7, 11) is 1.64. The van der Waals surface area contributed by atoms with E-state index in [0.29, 0.717) is 6.79 Å². The van der Waals surface area contributed by atoms with Crippen LogP contribution in [0.2, 0.25) is 0 Å². The van der Waals surface area contributed by atoms with Crippen molar-refractivity contribution in [3.8, 4) is 0 Å². The van der Waals surface area contributed by atoms with Crippen LogP contribution in [0.5, 0.6) is 0 Å². The van der Waals surface area contributed by atoms with Crippen molar-refractivity contribution in [1.82, 2.24) is 0 Å². The van der Waals surface area contributed by atoms with E-state index in [2.05, 4.69) is 19.9 Å². The Bertz CT molecular complexity index is 332. The minimum Gasteiger partial charge on any atom is -0.476 e. The molecule has 0 atom stereocenters. The normalized spacial score (nSPS) is 11.7. The van der Waals surface area contributed by atoms with Crippen molar-refractivity contribution in [2.24, 2.45) is 0 Å². The van der Waals surface area contributed by atoms with E-state index in [-0.39, 0.29) is 6.29 Å². The van der Waals surface area contributed by atoms with Gasteiger partial charge < -0.3 is 18.9 Å². The molecule has 0 aliphatic carbocycles. The van der Waals surface area contributed by atoms with Crippen molar-refractivity contribution in [1.29, 1.82) is 0 Å². The van der Waals surface area contributed by atoms with Gasteiger partial charge in [0.15, 0.2) is 13.1 Å². The molecule has 0 aromatic carbocycles. The third-order valence-corrected chi connectivity index (χ3v) is 5.54. The number of unbranched alkanes of at least 4 members (excludes halogenated alkanes) is 14. The minimum absolute atomic E-state index is 0.0178. The standard InChI is InChI=1S/C27H54O4/c1-4-6-8-20-24-30-27(31-25-21-9-7-5-2)22-18-16-14-12-10-11-13-15-17-19-23-29-26-28-3/h19,23,27H,4-18,20-22,24-26H2,1-3H3. The maximum absolute atomic E-state index is 6.07. The van der Waals surface area contributed by atoms with Crippen LogP contribution in [0.15, 0.2) is 12.3 Å². The number of hydrogen-bond acceptors (Lipinski definition) is 4. The third-order valence-electron chi connectivity index (χ3n) is 5.54. The van der Waals surface area contributed by atoms with Gasteiger partial charge in [0.25, 0.3) is 0 Å². The largest absolute Gasteiger partial charge is 0.476 e. The van der Waals surface area contributed by atoms with Crippen LogP contribution in [-0.4, -0.2) is 33.4 Å². The number of methoxy groups -OCH3 is 1. The predicted octanol–water partition coefficient (Wildman–Crippen LogP) is 8.54. The first-order valence-electron chi connectivity index (χ1n) is 13.3. The molecule has 0 N–H and O–H groups in total. The van der Waals surface area contributed by atoms with Crippen LogP contribution in [0.25, 0.3) is 0 Å². The highest BCUT2D eigenvalue weighted by Gasteiger charge is 2.09. The molecule has 0 spiro atoms. The molecule has 186 valence electrons. The average Bonchev–Trinajstić information content (AvgIpc) is 2.78. The number of allylic oxidation sites excluding steroid dienone is 1. The summed E-state index contributed by atoms with van der Waals surface area (Å²) in [4.78, 5) is 0. The first-order chi connectivity index (χ1) is 15.3. The fraction of sp³-hybridized carbons (Fsp3) is 0.926. The molecule has 0 heterocycles. The lowest BCUT2D eigenvalue weighted by molar-refractivity contribution is -0.148. The summed E-state index contributed by atoms with van der Waals surface area (Å²) < 4.78 is 22.1. The molecular formula is C27H54O4. The third kappa shape index (κ3) is 25.6. The number of hydrogen-bond donors (Lipinski definition) is 0. The second-order valence-corrected chi connectivity index (χ2v) is 8.64. The van der Waals surface area contributed by atoms with Crippen LogP contribution in [0.4, 0.5) is 0 Å². The SMILES string of the molecule is CCCCCCOC(CCCCCCCCCCC=COCOC)OCCCCCC. The first kappa shape index (κ1) is 30.4. The fourth-order valence-corrected chi connectivity index (χ4v) is 3.58. The van der Waals surface area contributed by atoms with Gasteiger partial charge in [-0.1, -0.05) is 90.9 Å². The lowest BCUT2D eigenvalue weighted by Crippen LogP contribution is -2.19. The van der Waals surface area contributed by atoms with Crippen molar-refractivity contribution in [2.75, 3.05) is 27.1 Å². The van der Waals surface area contributed by atoms with Gasteiger partial charge in [-0.05, 0) is 44.6 Å². The Kier molecular flexibility index (Phi) is 26.9. The predicted molar refractivity (Wildman–Crippen MR) is 132 cm³/mol. The van der Waals surface area contributed by atoms with Gasteiger partial charge in [-0.3, -0.25) is 0 Å². The molecule has 0 bridgehead atoms. The average molecular weight is 443 g/mol. The summed E-state index contributed by atoms with van der Waals surface area (Å²) in [6, 6.07) is 0. The zero-order chi connectivity index (χ0) is 22.7. The van der Waals surface area contributed by atoms with Gasteiger partial charge in [0.1, 0.15) is 0 Å². The van der Waals surface area contributed by atoms with E-state index in [1.165, 1.54) is 103 Å². The molecule has 0 saturated carbocycles.